The van der Waals surface area contributed by atoms with Gasteiger partial charge in [-0.15, -0.1) is 0 Å². The molecule has 3 aromatic rings. The van der Waals surface area contributed by atoms with Crippen LogP contribution in [0.2, 0.25) is 0 Å². The number of piperazine rings is 1. The maximum absolute atomic E-state index is 13.2. The minimum atomic E-state index is -4.57. The van der Waals surface area contributed by atoms with Crippen LogP contribution in [0.4, 0.5) is 35.0 Å². The Morgan fingerprint density at radius 1 is 0.763 bits per heavy atom. The number of hydrogen-bond donors (Lipinski definition) is 2. The largest absolute Gasteiger partial charge is 0.418 e. The molecule has 1 saturated heterocycles. The zero-order valence-electron chi connectivity index (χ0n) is 21.6. The van der Waals surface area contributed by atoms with Gasteiger partial charge in [-0.3, -0.25) is 4.79 Å². The minimum absolute atomic E-state index is 0.0165. The van der Waals surface area contributed by atoms with E-state index in [1.165, 1.54) is 23.8 Å². The molecule has 0 unspecified atom stereocenters. The molecule has 200 valence electrons. The predicted octanol–water partition coefficient (Wildman–Crippen LogP) is 6.61. The molecule has 2 N–H and O–H groups in total. The summed E-state index contributed by atoms with van der Waals surface area (Å²) < 4.78 is 39.5. The first kappa shape index (κ1) is 27.0. The van der Waals surface area contributed by atoms with Crippen molar-refractivity contribution in [1.82, 2.24) is 4.90 Å². The van der Waals surface area contributed by atoms with Crippen molar-refractivity contribution < 1.29 is 22.8 Å². The SMILES string of the molecule is CC(C)(C)c1ccc(C(=O)N2CCN(c3ccc(NC(=O)Nc4ccccc4C(F)(F)F)cc3)CC2)cc1. The number of benzene rings is 3. The monoisotopic (exact) mass is 524 g/mol. The molecule has 4 rings (SSSR count). The van der Waals surface area contributed by atoms with Crippen molar-refractivity contribution in [3.05, 3.63) is 89.5 Å². The van der Waals surface area contributed by atoms with Crippen molar-refractivity contribution in [2.45, 2.75) is 32.4 Å². The van der Waals surface area contributed by atoms with Gasteiger partial charge < -0.3 is 20.4 Å². The lowest BCUT2D eigenvalue weighted by Crippen LogP contribution is -2.48. The summed E-state index contributed by atoms with van der Waals surface area (Å²) in [7, 11) is 0. The zero-order valence-corrected chi connectivity index (χ0v) is 21.6. The van der Waals surface area contributed by atoms with Crippen LogP contribution in [0.3, 0.4) is 0 Å². The van der Waals surface area contributed by atoms with Gasteiger partial charge in [-0.05, 0) is 59.5 Å². The lowest BCUT2D eigenvalue weighted by Gasteiger charge is -2.36. The minimum Gasteiger partial charge on any atom is -0.368 e. The Bertz CT molecular complexity index is 1270. The van der Waals surface area contributed by atoms with Crippen molar-refractivity contribution in [1.29, 1.82) is 0 Å². The Morgan fingerprint density at radius 3 is 1.95 bits per heavy atom. The van der Waals surface area contributed by atoms with Crippen molar-refractivity contribution in [3.63, 3.8) is 0 Å². The standard InChI is InChI=1S/C29H31F3N4O2/c1-28(2,3)21-10-8-20(9-11-21)26(37)36-18-16-35(17-19-36)23-14-12-22(13-15-23)33-27(38)34-25-7-5-4-6-24(25)29(30,31)32/h4-15H,16-19H2,1-3H3,(H2,33,34,38). The molecule has 0 aliphatic carbocycles. The van der Waals surface area contributed by atoms with Gasteiger partial charge in [0, 0.05) is 43.1 Å². The number of anilines is 3. The molecule has 6 nitrogen and oxygen atoms in total. The third kappa shape index (κ3) is 6.45. The third-order valence-corrected chi connectivity index (χ3v) is 6.54. The van der Waals surface area contributed by atoms with E-state index in [9.17, 15) is 22.8 Å². The van der Waals surface area contributed by atoms with Crippen LogP contribution >= 0.6 is 0 Å². The number of amides is 3. The lowest BCUT2D eigenvalue weighted by molar-refractivity contribution is -0.136. The molecule has 1 aliphatic rings. The molecule has 0 bridgehead atoms. The summed E-state index contributed by atoms with van der Waals surface area (Å²) in [6.07, 6.45) is -4.57. The number of rotatable bonds is 4. The first-order valence-corrected chi connectivity index (χ1v) is 12.4. The number of nitrogens with zero attached hydrogens (tertiary/aromatic N) is 2. The first-order valence-electron chi connectivity index (χ1n) is 12.4. The summed E-state index contributed by atoms with van der Waals surface area (Å²) in [5.74, 6) is 0.0165. The molecule has 3 aromatic carbocycles. The molecule has 0 aromatic heterocycles. The van der Waals surface area contributed by atoms with Crippen LogP contribution < -0.4 is 15.5 Å². The van der Waals surface area contributed by atoms with Crippen LogP contribution in [0.25, 0.3) is 0 Å². The zero-order chi connectivity index (χ0) is 27.5. The highest BCUT2D eigenvalue weighted by Crippen LogP contribution is 2.34. The Balaban J connectivity index is 1.31. The Hall–Kier alpha value is -4.01. The van der Waals surface area contributed by atoms with Crippen LogP contribution in [0.1, 0.15) is 42.3 Å². The molecule has 1 fully saturated rings. The van der Waals surface area contributed by atoms with E-state index in [4.69, 9.17) is 0 Å². The number of carbonyl (C=O) groups excluding carboxylic acids is 2. The maximum atomic E-state index is 13.2. The Kier molecular flexibility index (Phi) is 7.66. The van der Waals surface area contributed by atoms with E-state index in [0.717, 1.165) is 11.8 Å². The quantitative estimate of drug-likeness (QED) is 0.404. The summed E-state index contributed by atoms with van der Waals surface area (Å²) in [4.78, 5) is 29.2. The number of urea groups is 1. The van der Waals surface area contributed by atoms with Crippen LogP contribution in [0, 0.1) is 0 Å². The number of hydrogen-bond acceptors (Lipinski definition) is 3. The second-order valence-electron chi connectivity index (χ2n) is 10.3. The number of para-hydroxylation sites is 1. The van der Waals surface area contributed by atoms with Crippen LogP contribution in [0.15, 0.2) is 72.8 Å². The van der Waals surface area contributed by atoms with Gasteiger partial charge in [0.25, 0.3) is 5.91 Å². The molecule has 38 heavy (non-hydrogen) atoms. The van der Waals surface area contributed by atoms with E-state index in [-0.39, 0.29) is 17.0 Å². The van der Waals surface area contributed by atoms with Gasteiger partial charge in [-0.25, -0.2) is 4.79 Å². The summed E-state index contributed by atoms with van der Waals surface area (Å²) in [6, 6.07) is 18.9. The van der Waals surface area contributed by atoms with Crippen LogP contribution in [-0.2, 0) is 11.6 Å². The molecule has 1 heterocycles. The normalized spacial score (nSPS) is 14.3. The summed E-state index contributed by atoms with van der Waals surface area (Å²) in [5, 5.41) is 4.83. The molecule has 3 amide bonds. The number of alkyl halides is 3. The number of nitrogens with one attached hydrogen (secondary N) is 2. The van der Waals surface area contributed by atoms with E-state index in [0.29, 0.717) is 37.4 Å². The summed E-state index contributed by atoms with van der Waals surface area (Å²) in [5.41, 5.74) is 2.04. The molecule has 0 radical (unpaired) electrons. The second kappa shape index (κ2) is 10.8. The van der Waals surface area contributed by atoms with Gasteiger partial charge in [0.2, 0.25) is 0 Å². The lowest BCUT2D eigenvalue weighted by atomic mass is 9.86. The summed E-state index contributed by atoms with van der Waals surface area (Å²) in [6.45, 7) is 8.90. The molecular formula is C29H31F3N4O2. The van der Waals surface area contributed by atoms with E-state index in [1.807, 2.05) is 41.3 Å². The maximum Gasteiger partial charge on any atom is 0.418 e. The molecule has 1 aliphatic heterocycles. The average Bonchev–Trinajstić information content (AvgIpc) is 2.88. The second-order valence-corrected chi connectivity index (χ2v) is 10.3. The number of halogens is 3. The van der Waals surface area contributed by atoms with E-state index in [1.54, 1.807) is 12.1 Å². The molecular weight excluding hydrogens is 493 g/mol. The smallest absolute Gasteiger partial charge is 0.368 e. The average molecular weight is 525 g/mol. The Labute approximate surface area is 220 Å². The van der Waals surface area contributed by atoms with E-state index >= 15 is 0 Å². The number of carbonyl (C=O) groups is 2. The van der Waals surface area contributed by atoms with Crippen molar-refractivity contribution >= 4 is 29.0 Å². The highest BCUT2D eigenvalue weighted by Gasteiger charge is 2.33. The van der Waals surface area contributed by atoms with Gasteiger partial charge in [-0.1, -0.05) is 45.0 Å². The predicted molar refractivity (Wildman–Crippen MR) is 144 cm³/mol. The fourth-order valence-corrected chi connectivity index (χ4v) is 4.34. The molecule has 9 heteroatoms. The van der Waals surface area contributed by atoms with E-state index < -0.39 is 17.8 Å². The van der Waals surface area contributed by atoms with Gasteiger partial charge in [-0.2, -0.15) is 13.2 Å². The van der Waals surface area contributed by atoms with Crippen LogP contribution in [-0.4, -0.2) is 43.0 Å². The van der Waals surface area contributed by atoms with Crippen molar-refractivity contribution in [2.24, 2.45) is 0 Å². The topological polar surface area (TPSA) is 64.7 Å². The van der Waals surface area contributed by atoms with Gasteiger partial charge in [0.15, 0.2) is 0 Å². The fourth-order valence-electron chi connectivity index (χ4n) is 4.34. The van der Waals surface area contributed by atoms with Crippen LogP contribution in [0.5, 0.6) is 0 Å². The van der Waals surface area contributed by atoms with Crippen molar-refractivity contribution in [3.8, 4) is 0 Å². The molecule has 0 atom stereocenters. The van der Waals surface area contributed by atoms with E-state index in [2.05, 4.69) is 36.3 Å². The Morgan fingerprint density at radius 2 is 1.37 bits per heavy atom. The van der Waals surface area contributed by atoms with Gasteiger partial charge in [0.05, 0.1) is 11.3 Å². The summed E-state index contributed by atoms with van der Waals surface area (Å²) >= 11 is 0. The van der Waals surface area contributed by atoms with Gasteiger partial charge in [0.1, 0.15) is 0 Å². The molecule has 0 saturated carbocycles. The van der Waals surface area contributed by atoms with Crippen molar-refractivity contribution in [2.75, 3.05) is 41.7 Å². The highest BCUT2D eigenvalue weighted by molar-refractivity contribution is 6.00. The third-order valence-electron chi connectivity index (χ3n) is 6.54. The first-order chi connectivity index (χ1) is 17.9. The van der Waals surface area contributed by atoms with Gasteiger partial charge >= 0.3 is 12.2 Å². The fraction of sp³-hybridized carbons (Fsp3) is 0.310. The highest BCUT2D eigenvalue weighted by atomic mass is 19.4. The molecule has 0 spiro atoms.